The minimum absolute atomic E-state index is 0.133. The van der Waals surface area contributed by atoms with Gasteiger partial charge in [-0.25, -0.2) is 0 Å². The maximum atomic E-state index is 12.0. The molecule has 0 bridgehead atoms. The van der Waals surface area contributed by atoms with Crippen LogP contribution in [0.25, 0.3) is 0 Å². The van der Waals surface area contributed by atoms with E-state index in [1.54, 1.807) is 6.07 Å². The number of hydrogen-bond donors (Lipinski definition) is 2. The Hall–Kier alpha value is -0.810. The van der Waals surface area contributed by atoms with E-state index in [0.29, 0.717) is 16.7 Å². The molecule has 19 heavy (non-hydrogen) atoms. The van der Waals surface area contributed by atoms with Gasteiger partial charge >= 0.3 is 0 Å². The summed E-state index contributed by atoms with van der Waals surface area (Å²) in [6.07, 6.45) is 5.03. The van der Waals surface area contributed by atoms with Crippen LogP contribution >= 0.6 is 15.9 Å². The van der Waals surface area contributed by atoms with Crippen LogP contribution in [0.3, 0.4) is 0 Å². The summed E-state index contributed by atoms with van der Waals surface area (Å²) in [6, 6.07) is 1.61. The van der Waals surface area contributed by atoms with Gasteiger partial charge in [0.2, 0.25) is 0 Å². The van der Waals surface area contributed by atoms with E-state index in [2.05, 4.69) is 35.1 Å². The van der Waals surface area contributed by atoms with Crippen LogP contribution in [0.5, 0.6) is 0 Å². The fraction of sp³-hybridized carbons (Fsp3) is 0.643. The molecule has 1 aromatic heterocycles. The summed E-state index contributed by atoms with van der Waals surface area (Å²) in [4.78, 5) is 12.0. The maximum Gasteiger partial charge on any atom is 0.255 e. The Morgan fingerprint density at radius 3 is 2.84 bits per heavy atom. The summed E-state index contributed by atoms with van der Waals surface area (Å²) in [5.74, 6) is -0.225. The molecule has 0 aromatic carbocycles. The Morgan fingerprint density at radius 1 is 1.53 bits per heavy atom. The van der Waals surface area contributed by atoms with Gasteiger partial charge in [0.1, 0.15) is 0 Å². The van der Waals surface area contributed by atoms with Crippen molar-refractivity contribution in [2.24, 2.45) is 5.41 Å². The van der Waals surface area contributed by atoms with Crippen LogP contribution in [0.1, 0.15) is 49.9 Å². The minimum atomic E-state index is -0.798. The fourth-order valence-electron chi connectivity index (χ4n) is 2.91. The summed E-state index contributed by atoms with van der Waals surface area (Å²) in [5, 5.41) is 13.4. The SMILES string of the molecule is CC1(C)CCC[C@@](O)(CNC(=O)c2ccoc2Br)C1. The quantitative estimate of drug-likeness (QED) is 0.895. The molecule has 106 valence electrons. The third-order valence-electron chi connectivity index (χ3n) is 3.74. The number of carbonyl (C=O) groups excluding carboxylic acids is 1. The van der Waals surface area contributed by atoms with Crippen LogP contribution in [0.2, 0.25) is 0 Å². The molecule has 1 aliphatic carbocycles. The average molecular weight is 330 g/mol. The summed E-state index contributed by atoms with van der Waals surface area (Å²) in [6.45, 7) is 4.60. The molecule has 0 spiro atoms. The first-order valence-electron chi connectivity index (χ1n) is 6.55. The molecule has 1 aromatic rings. The molecule has 4 nitrogen and oxygen atoms in total. The van der Waals surface area contributed by atoms with Crippen LogP contribution in [0.15, 0.2) is 21.4 Å². The molecule has 0 radical (unpaired) electrons. The maximum absolute atomic E-state index is 12.0. The van der Waals surface area contributed by atoms with Crippen molar-refractivity contribution in [3.63, 3.8) is 0 Å². The number of hydrogen-bond acceptors (Lipinski definition) is 3. The zero-order valence-electron chi connectivity index (χ0n) is 11.3. The monoisotopic (exact) mass is 329 g/mol. The molecule has 5 heteroatoms. The lowest BCUT2D eigenvalue weighted by Crippen LogP contribution is -2.48. The Kier molecular flexibility index (Phi) is 4.06. The standard InChI is InChI=1S/C14H20BrNO3/c1-13(2)5-3-6-14(18,8-13)9-16-12(17)10-4-7-19-11(10)15/h4,7,18H,3,5-6,8-9H2,1-2H3,(H,16,17)/t14-/m0/s1. The number of nitrogens with one attached hydrogen (secondary N) is 1. The predicted molar refractivity (Wildman–Crippen MR) is 75.9 cm³/mol. The number of aliphatic hydroxyl groups is 1. The topological polar surface area (TPSA) is 62.5 Å². The molecule has 1 amide bonds. The van der Waals surface area contributed by atoms with Crippen molar-refractivity contribution in [3.05, 3.63) is 22.6 Å². The summed E-state index contributed by atoms with van der Waals surface area (Å²) < 4.78 is 5.45. The van der Waals surface area contributed by atoms with E-state index in [-0.39, 0.29) is 17.9 Å². The first-order valence-corrected chi connectivity index (χ1v) is 7.34. The fourth-order valence-corrected chi connectivity index (χ4v) is 3.33. The highest BCUT2D eigenvalue weighted by Gasteiger charge is 2.38. The van der Waals surface area contributed by atoms with Crippen molar-refractivity contribution < 1.29 is 14.3 Å². The largest absolute Gasteiger partial charge is 0.457 e. The normalized spacial score (nSPS) is 26.1. The highest BCUT2D eigenvalue weighted by molar-refractivity contribution is 9.10. The zero-order chi connectivity index (χ0) is 14.1. The molecule has 1 heterocycles. The molecule has 0 unspecified atom stereocenters. The highest BCUT2D eigenvalue weighted by Crippen LogP contribution is 2.40. The third-order valence-corrected chi connectivity index (χ3v) is 4.36. The molecule has 2 N–H and O–H groups in total. The van der Waals surface area contributed by atoms with E-state index >= 15 is 0 Å². The Bertz CT molecular complexity index is 469. The van der Waals surface area contributed by atoms with Gasteiger partial charge in [-0.2, -0.15) is 0 Å². The van der Waals surface area contributed by atoms with Crippen molar-refractivity contribution >= 4 is 21.8 Å². The number of rotatable bonds is 3. The lowest BCUT2D eigenvalue weighted by molar-refractivity contribution is -0.0361. The summed E-state index contributed by atoms with van der Waals surface area (Å²) in [7, 11) is 0. The van der Waals surface area contributed by atoms with Crippen LogP contribution < -0.4 is 5.32 Å². The van der Waals surface area contributed by atoms with Gasteiger partial charge < -0.3 is 14.8 Å². The molecule has 0 saturated heterocycles. The number of carbonyl (C=O) groups is 1. The zero-order valence-corrected chi connectivity index (χ0v) is 12.9. The van der Waals surface area contributed by atoms with E-state index in [9.17, 15) is 9.90 Å². The van der Waals surface area contributed by atoms with Gasteiger partial charge in [0, 0.05) is 6.54 Å². The lowest BCUT2D eigenvalue weighted by atomic mass is 9.70. The summed E-state index contributed by atoms with van der Waals surface area (Å²) in [5.41, 5.74) is -0.208. The predicted octanol–water partition coefficient (Wildman–Crippen LogP) is 3.10. The van der Waals surface area contributed by atoms with Gasteiger partial charge in [0.25, 0.3) is 5.91 Å². The molecular weight excluding hydrogens is 310 g/mol. The van der Waals surface area contributed by atoms with Crippen LogP contribution in [-0.4, -0.2) is 23.2 Å². The van der Waals surface area contributed by atoms with Crippen LogP contribution in [0, 0.1) is 5.41 Å². The second kappa shape index (κ2) is 5.29. The molecule has 1 aliphatic rings. The van der Waals surface area contributed by atoms with E-state index < -0.39 is 5.60 Å². The van der Waals surface area contributed by atoms with Crippen molar-refractivity contribution in [1.29, 1.82) is 0 Å². The van der Waals surface area contributed by atoms with Gasteiger partial charge in [-0.1, -0.05) is 13.8 Å². The number of furan rings is 1. The molecule has 2 rings (SSSR count). The molecule has 0 aliphatic heterocycles. The average Bonchev–Trinajstić information content (AvgIpc) is 2.71. The summed E-state index contributed by atoms with van der Waals surface area (Å²) >= 11 is 3.17. The first-order chi connectivity index (χ1) is 8.81. The van der Waals surface area contributed by atoms with Gasteiger partial charge in [-0.05, 0) is 53.1 Å². The van der Waals surface area contributed by atoms with Gasteiger partial charge in [-0.15, -0.1) is 0 Å². The van der Waals surface area contributed by atoms with Gasteiger partial charge in [0.15, 0.2) is 4.67 Å². The Balaban J connectivity index is 1.95. The van der Waals surface area contributed by atoms with Gasteiger partial charge in [-0.3, -0.25) is 4.79 Å². The molecule has 1 atom stereocenters. The van der Waals surface area contributed by atoms with Crippen LogP contribution in [-0.2, 0) is 0 Å². The van der Waals surface area contributed by atoms with Crippen molar-refractivity contribution in [3.8, 4) is 0 Å². The molecule has 1 fully saturated rings. The lowest BCUT2D eigenvalue weighted by Gasteiger charge is -2.41. The Labute approximate surface area is 121 Å². The molecular formula is C14H20BrNO3. The van der Waals surface area contributed by atoms with Crippen molar-refractivity contribution in [2.75, 3.05) is 6.54 Å². The molecule has 1 saturated carbocycles. The Morgan fingerprint density at radius 2 is 2.26 bits per heavy atom. The van der Waals surface area contributed by atoms with Crippen molar-refractivity contribution in [1.82, 2.24) is 5.32 Å². The van der Waals surface area contributed by atoms with E-state index in [4.69, 9.17) is 4.42 Å². The smallest absolute Gasteiger partial charge is 0.255 e. The van der Waals surface area contributed by atoms with Crippen LogP contribution in [0.4, 0.5) is 0 Å². The van der Waals surface area contributed by atoms with E-state index in [1.165, 1.54) is 6.26 Å². The second-order valence-corrected chi connectivity index (χ2v) is 6.93. The minimum Gasteiger partial charge on any atom is -0.457 e. The second-order valence-electron chi connectivity index (χ2n) is 6.21. The first kappa shape index (κ1) is 14.6. The number of amides is 1. The van der Waals surface area contributed by atoms with Crippen molar-refractivity contribution in [2.45, 2.75) is 45.1 Å². The van der Waals surface area contributed by atoms with E-state index in [0.717, 1.165) is 19.3 Å². The number of halogens is 1. The highest BCUT2D eigenvalue weighted by atomic mass is 79.9. The van der Waals surface area contributed by atoms with E-state index in [1.807, 2.05) is 0 Å². The third kappa shape index (κ3) is 3.60. The van der Waals surface area contributed by atoms with Gasteiger partial charge in [0.05, 0.1) is 17.4 Å².